The van der Waals surface area contributed by atoms with Gasteiger partial charge in [-0.15, -0.1) is 0 Å². The summed E-state index contributed by atoms with van der Waals surface area (Å²) in [6.45, 7) is 4.97. The van der Waals surface area contributed by atoms with Gasteiger partial charge in [0.25, 0.3) is 0 Å². The van der Waals surface area contributed by atoms with Crippen LogP contribution in [-0.2, 0) is 4.79 Å². The van der Waals surface area contributed by atoms with Crippen LogP contribution in [0.4, 0.5) is 0 Å². The largest absolute Gasteiger partial charge is 0.344 e. The summed E-state index contributed by atoms with van der Waals surface area (Å²) in [5, 5.41) is 0. The number of amides is 1. The van der Waals surface area contributed by atoms with Gasteiger partial charge in [-0.1, -0.05) is 0 Å². The molecule has 0 saturated carbocycles. The van der Waals surface area contributed by atoms with Crippen LogP contribution in [0.1, 0.15) is 26.2 Å². The molecule has 1 heterocycles. The fourth-order valence-electron chi connectivity index (χ4n) is 2.18. The standard InChI is InChI=1S/C12H25N3O/c1-10(13)12(16)15(3)9-6-11-4-7-14(2)8-5-11/h10-11H,4-9,13H2,1-3H3. The molecule has 1 aliphatic rings. The highest BCUT2D eigenvalue weighted by molar-refractivity contribution is 5.80. The van der Waals surface area contributed by atoms with Crippen molar-refractivity contribution in [1.82, 2.24) is 9.80 Å². The number of nitrogens with zero attached hydrogens (tertiary/aromatic N) is 2. The van der Waals surface area contributed by atoms with Crippen LogP contribution in [-0.4, -0.2) is 55.5 Å². The van der Waals surface area contributed by atoms with Crippen LogP contribution in [0.15, 0.2) is 0 Å². The molecule has 0 aromatic rings. The normalized spacial score (nSPS) is 20.8. The van der Waals surface area contributed by atoms with Gasteiger partial charge < -0.3 is 15.5 Å². The van der Waals surface area contributed by atoms with Crippen molar-refractivity contribution in [3.8, 4) is 0 Å². The second kappa shape index (κ2) is 6.21. The van der Waals surface area contributed by atoms with Crippen LogP contribution in [0, 0.1) is 5.92 Å². The Bertz CT molecular complexity index is 222. The number of carbonyl (C=O) groups is 1. The minimum atomic E-state index is -0.373. The number of carbonyl (C=O) groups excluding carboxylic acids is 1. The summed E-state index contributed by atoms with van der Waals surface area (Å²) in [7, 11) is 4.02. The van der Waals surface area contributed by atoms with E-state index in [2.05, 4.69) is 11.9 Å². The van der Waals surface area contributed by atoms with E-state index in [1.165, 1.54) is 25.9 Å². The van der Waals surface area contributed by atoms with Crippen LogP contribution in [0.25, 0.3) is 0 Å². The number of piperidine rings is 1. The summed E-state index contributed by atoms with van der Waals surface area (Å²) in [4.78, 5) is 15.7. The summed E-state index contributed by atoms with van der Waals surface area (Å²) in [5.41, 5.74) is 5.57. The lowest BCUT2D eigenvalue weighted by Crippen LogP contribution is -2.41. The second-order valence-corrected chi connectivity index (χ2v) is 5.08. The molecular weight excluding hydrogens is 202 g/mol. The highest BCUT2D eigenvalue weighted by Gasteiger charge is 2.19. The number of hydrogen-bond donors (Lipinski definition) is 1. The number of hydrogen-bond acceptors (Lipinski definition) is 3. The van der Waals surface area contributed by atoms with E-state index in [9.17, 15) is 4.79 Å². The van der Waals surface area contributed by atoms with Crippen molar-refractivity contribution in [2.75, 3.05) is 33.7 Å². The van der Waals surface area contributed by atoms with Gasteiger partial charge in [0, 0.05) is 13.6 Å². The predicted octanol–water partition coefficient (Wildman–Crippen LogP) is 0.524. The second-order valence-electron chi connectivity index (χ2n) is 5.08. The molecule has 1 saturated heterocycles. The fourth-order valence-corrected chi connectivity index (χ4v) is 2.18. The first kappa shape index (κ1) is 13.5. The summed E-state index contributed by atoms with van der Waals surface area (Å²) >= 11 is 0. The van der Waals surface area contributed by atoms with Crippen molar-refractivity contribution in [3.05, 3.63) is 0 Å². The molecule has 0 aliphatic carbocycles. The molecule has 16 heavy (non-hydrogen) atoms. The van der Waals surface area contributed by atoms with Crippen molar-refractivity contribution < 1.29 is 4.79 Å². The molecule has 4 nitrogen and oxygen atoms in total. The van der Waals surface area contributed by atoms with Gasteiger partial charge in [0.15, 0.2) is 0 Å². The Labute approximate surface area is 98.8 Å². The topological polar surface area (TPSA) is 49.6 Å². The van der Waals surface area contributed by atoms with Gasteiger partial charge in [-0.25, -0.2) is 0 Å². The summed E-state index contributed by atoms with van der Waals surface area (Å²) in [5.74, 6) is 0.826. The van der Waals surface area contributed by atoms with Crippen LogP contribution in [0.2, 0.25) is 0 Å². The van der Waals surface area contributed by atoms with Crippen LogP contribution in [0.5, 0.6) is 0 Å². The number of likely N-dealkylation sites (tertiary alicyclic amines) is 1. The molecule has 1 rings (SSSR count). The molecule has 1 unspecified atom stereocenters. The maximum Gasteiger partial charge on any atom is 0.238 e. The van der Waals surface area contributed by atoms with Crippen LogP contribution in [0.3, 0.4) is 0 Å². The lowest BCUT2D eigenvalue weighted by molar-refractivity contribution is -0.131. The Kier molecular flexibility index (Phi) is 5.22. The third kappa shape index (κ3) is 4.10. The van der Waals surface area contributed by atoms with E-state index >= 15 is 0 Å². The lowest BCUT2D eigenvalue weighted by Gasteiger charge is -2.30. The van der Waals surface area contributed by atoms with E-state index in [4.69, 9.17) is 5.73 Å². The van der Waals surface area contributed by atoms with Crippen molar-refractivity contribution >= 4 is 5.91 Å². The quantitative estimate of drug-likeness (QED) is 0.762. The third-order valence-corrected chi connectivity index (χ3v) is 3.48. The first-order valence-electron chi connectivity index (χ1n) is 6.19. The molecule has 1 amide bonds. The monoisotopic (exact) mass is 227 g/mol. The third-order valence-electron chi connectivity index (χ3n) is 3.48. The zero-order valence-corrected chi connectivity index (χ0v) is 10.8. The van der Waals surface area contributed by atoms with E-state index in [1.54, 1.807) is 11.8 Å². The highest BCUT2D eigenvalue weighted by atomic mass is 16.2. The summed E-state index contributed by atoms with van der Waals surface area (Å²) in [6, 6.07) is -0.373. The molecule has 1 fully saturated rings. The summed E-state index contributed by atoms with van der Waals surface area (Å²) < 4.78 is 0. The van der Waals surface area contributed by atoms with Gasteiger partial charge in [0.2, 0.25) is 5.91 Å². The zero-order chi connectivity index (χ0) is 12.1. The Morgan fingerprint density at radius 3 is 2.56 bits per heavy atom. The van der Waals surface area contributed by atoms with Gasteiger partial charge in [-0.3, -0.25) is 4.79 Å². The predicted molar refractivity (Wildman–Crippen MR) is 66.1 cm³/mol. The molecule has 0 aromatic heterocycles. The number of rotatable bonds is 4. The molecule has 1 atom stereocenters. The Hall–Kier alpha value is -0.610. The van der Waals surface area contributed by atoms with Crippen molar-refractivity contribution in [2.24, 2.45) is 11.7 Å². The molecule has 0 bridgehead atoms. The smallest absolute Gasteiger partial charge is 0.238 e. The van der Waals surface area contributed by atoms with Gasteiger partial charge >= 0.3 is 0 Å². The molecule has 94 valence electrons. The van der Waals surface area contributed by atoms with Crippen molar-refractivity contribution in [3.63, 3.8) is 0 Å². The zero-order valence-electron chi connectivity index (χ0n) is 10.8. The molecule has 2 N–H and O–H groups in total. The molecular formula is C12H25N3O. The maximum absolute atomic E-state index is 11.6. The molecule has 4 heteroatoms. The van der Waals surface area contributed by atoms with E-state index in [0.29, 0.717) is 0 Å². The first-order valence-corrected chi connectivity index (χ1v) is 6.19. The minimum absolute atomic E-state index is 0.0490. The van der Waals surface area contributed by atoms with Gasteiger partial charge in [-0.2, -0.15) is 0 Å². The van der Waals surface area contributed by atoms with E-state index < -0.39 is 0 Å². The highest BCUT2D eigenvalue weighted by Crippen LogP contribution is 2.19. The van der Waals surface area contributed by atoms with Crippen LogP contribution < -0.4 is 5.73 Å². The number of nitrogens with two attached hydrogens (primary N) is 1. The molecule has 0 radical (unpaired) electrons. The fraction of sp³-hybridized carbons (Fsp3) is 0.917. The van der Waals surface area contributed by atoms with E-state index in [1.807, 2.05) is 7.05 Å². The van der Waals surface area contributed by atoms with Crippen molar-refractivity contribution in [2.45, 2.75) is 32.2 Å². The van der Waals surface area contributed by atoms with Crippen molar-refractivity contribution in [1.29, 1.82) is 0 Å². The molecule has 0 aromatic carbocycles. The van der Waals surface area contributed by atoms with Crippen LogP contribution >= 0.6 is 0 Å². The SMILES string of the molecule is CC(N)C(=O)N(C)CCC1CCN(C)CC1. The average Bonchev–Trinajstić information content (AvgIpc) is 2.26. The Morgan fingerprint density at radius 2 is 2.06 bits per heavy atom. The number of likely N-dealkylation sites (N-methyl/N-ethyl adjacent to an activating group) is 1. The molecule has 0 spiro atoms. The minimum Gasteiger partial charge on any atom is -0.344 e. The summed E-state index contributed by atoms with van der Waals surface area (Å²) in [6.07, 6.45) is 3.64. The first-order chi connectivity index (χ1) is 7.50. The molecule has 1 aliphatic heterocycles. The van der Waals surface area contributed by atoms with Gasteiger partial charge in [-0.05, 0) is 52.2 Å². The maximum atomic E-state index is 11.6. The lowest BCUT2D eigenvalue weighted by atomic mass is 9.93. The average molecular weight is 227 g/mol. The van der Waals surface area contributed by atoms with Gasteiger partial charge in [0.1, 0.15) is 0 Å². The van der Waals surface area contributed by atoms with E-state index in [0.717, 1.165) is 18.9 Å². The van der Waals surface area contributed by atoms with Gasteiger partial charge in [0.05, 0.1) is 6.04 Å². The Morgan fingerprint density at radius 1 is 1.50 bits per heavy atom. The Balaban J connectivity index is 2.21. The van der Waals surface area contributed by atoms with E-state index in [-0.39, 0.29) is 11.9 Å².